The van der Waals surface area contributed by atoms with E-state index in [4.69, 9.17) is 28.3 Å². The zero-order chi connectivity index (χ0) is 11.9. The van der Waals surface area contributed by atoms with Crippen molar-refractivity contribution in [3.63, 3.8) is 0 Å². The summed E-state index contributed by atoms with van der Waals surface area (Å²) < 4.78 is 0. The van der Waals surface area contributed by atoms with Crippen molar-refractivity contribution in [1.82, 2.24) is 0 Å². The van der Waals surface area contributed by atoms with Crippen LogP contribution in [0.1, 0.15) is 17.3 Å². The van der Waals surface area contributed by atoms with Crippen LogP contribution >= 0.6 is 23.2 Å². The number of benzene rings is 1. The summed E-state index contributed by atoms with van der Waals surface area (Å²) >= 11 is 11.9. The van der Waals surface area contributed by atoms with E-state index < -0.39 is 11.0 Å². The number of nitrogens with zero attached hydrogens (tertiary/aromatic N) is 1. The van der Waals surface area contributed by atoms with E-state index in [-0.39, 0.29) is 10.7 Å². The molecule has 6 heteroatoms. The molecule has 2 rings (SSSR count). The zero-order valence-corrected chi connectivity index (χ0v) is 9.80. The number of halogens is 2. The first-order valence-electron chi connectivity index (χ1n) is 4.49. The van der Waals surface area contributed by atoms with Gasteiger partial charge in [-0.3, -0.25) is 0 Å². The SMILES string of the molecule is CC1(Cl)Nc2ccc(C(=O)O)cc2N=C1Cl. The number of aromatic carboxylic acids is 1. The first-order valence-corrected chi connectivity index (χ1v) is 5.25. The van der Waals surface area contributed by atoms with Crippen LogP contribution in [-0.2, 0) is 0 Å². The maximum atomic E-state index is 10.8. The number of fused-ring (bicyclic) bond motifs is 1. The molecule has 1 aromatic carbocycles. The van der Waals surface area contributed by atoms with Crippen LogP contribution in [0, 0.1) is 0 Å². The number of aliphatic imine (C=N–C) groups is 1. The van der Waals surface area contributed by atoms with Crippen LogP contribution in [0.2, 0.25) is 0 Å². The average molecular weight is 259 g/mol. The van der Waals surface area contributed by atoms with Crippen molar-refractivity contribution in [3.8, 4) is 0 Å². The number of carbonyl (C=O) groups is 1. The van der Waals surface area contributed by atoms with Crippen molar-refractivity contribution in [2.24, 2.45) is 4.99 Å². The number of hydrogen-bond donors (Lipinski definition) is 2. The number of rotatable bonds is 1. The third-order valence-electron chi connectivity index (χ3n) is 2.22. The van der Waals surface area contributed by atoms with Gasteiger partial charge in [0.1, 0.15) is 5.17 Å². The van der Waals surface area contributed by atoms with Crippen LogP contribution in [0.5, 0.6) is 0 Å². The zero-order valence-electron chi connectivity index (χ0n) is 8.29. The van der Waals surface area contributed by atoms with Crippen LogP contribution < -0.4 is 5.32 Å². The van der Waals surface area contributed by atoms with Crippen LogP contribution in [0.25, 0.3) is 0 Å². The highest BCUT2D eigenvalue weighted by Crippen LogP contribution is 2.37. The third kappa shape index (κ3) is 1.86. The van der Waals surface area contributed by atoms with E-state index in [2.05, 4.69) is 10.3 Å². The molecule has 0 aromatic heterocycles. The van der Waals surface area contributed by atoms with E-state index in [0.717, 1.165) is 0 Å². The Balaban J connectivity index is 2.51. The van der Waals surface area contributed by atoms with Crippen molar-refractivity contribution in [2.45, 2.75) is 11.9 Å². The standard InChI is InChI=1S/C10H8Cl2N2O2/c1-10(12)9(11)13-7-4-5(8(15)16)2-3-6(7)14-10/h2-4,14H,1H3,(H,15,16). The number of alkyl halides is 1. The van der Waals surface area contributed by atoms with Gasteiger partial charge in [-0.25, -0.2) is 9.79 Å². The Morgan fingerprint density at radius 3 is 2.88 bits per heavy atom. The summed E-state index contributed by atoms with van der Waals surface area (Å²) in [5.74, 6) is -1.01. The summed E-state index contributed by atoms with van der Waals surface area (Å²) in [5.41, 5.74) is 1.29. The quantitative estimate of drug-likeness (QED) is 0.601. The van der Waals surface area contributed by atoms with Gasteiger partial charge in [0.25, 0.3) is 0 Å². The predicted octanol–water partition coefficient (Wildman–Crippen LogP) is 3.03. The molecule has 1 unspecified atom stereocenters. The number of anilines is 1. The Hall–Kier alpha value is -1.26. The van der Waals surface area contributed by atoms with E-state index in [1.165, 1.54) is 12.1 Å². The molecule has 0 radical (unpaired) electrons. The molecule has 0 aliphatic carbocycles. The molecule has 2 N–H and O–H groups in total. The average Bonchev–Trinajstić information content (AvgIpc) is 2.18. The lowest BCUT2D eigenvalue weighted by Gasteiger charge is -2.28. The molecule has 1 aromatic rings. The van der Waals surface area contributed by atoms with Crippen molar-refractivity contribution in [3.05, 3.63) is 23.8 Å². The Labute approximate surface area is 102 Å². The van der Waals surface area contributed by atoms with Gasteiger partial charge in [0, 0.05) is 0 Å². The number of hydrogen-bond acceptors (Lipinski definition) is 3. The minimum Gasteiger partial charge on any atom is -0.478 e. The van der Waals surface area contributed by atoms with Crippen molar-refractivity contribution in [2.75, 3.05) is 5.32 Å². The minimum atomic E-state index is -1.01. The lowest BCUT2D eigenvalue weighted by atomic mass is 10.1. The van der Waals surface area contributed by atoms with Gasteiger partial charge in [-0.1, -0.05) is 23.2 Å². The second-order valence-corrected chi connectivity index (χ2v) is 4.68. The van der Waals surface area contributed by atoms with Crippen molar-refractivity contribution < 1.29 is 9.90 Å². The molecule has 16 heavy (non-hydrogen) atoms. The first kappa shape index (κ1) is 11.2. The maximum Gasteiger partial charge on any atom is 0.335 e. The Bertz CT molecular complexity index is 498. The summed E-state index contributed by atoms with van der Waals surface area (Å²) in [7, 11) is 0. The van der Waals surface area contributed by atoms with E-state index in [1.807, 2.05) is 0 Å². The fourth-order valence-corrected chi connectivity index (χ4v) is 1.66. The normalized spacial score (nSPS) is 23.1. The molecule has 1 aliphatic rings. The molecule has 1 aliphatic heterocycles. The first-order chi connectivity index (χ1) is 7.40. The maximum absolute atomic E-state index is 10.8. The molecule has 0 fully saturated rings. The smallest absolute Gasteiger partial charge is 0.335 e. The predicted molar refractivity (Wildman–Crippen MR) is 64.2 cm³/mol. The lowest BCUT2D eigenvalue weighted by molar-refractivity contribution is 0.0697. The highest BCUT2D eigenvalue weighted by Gasteiger charge is 2.31. The Morgan fingerprint density at radius 2 is 2.25 bits per heavy atom. The van der Waals surface area contributed by atoms with Crippen molar-refractivity contribution in [1.29, 1.82) is 0 Å². The largest absolute Gasteiger partial charge is 0.478 e. The summed E-state index contributed by atoms with van der Waals surface area (Å²) in [6.45, 7) is 1.68. The van der Waals surface area contributed by atoms with Gasteiger partial charge in [0.05, 0.1) is 16.9 Å². The molecule has 0 saturated carbocycles. The number of carboxylic acid groups (broad SMARTS) is 1. The van der Waals surface area contributed by atoms with Crippen LogP contribution in [0.15, 0.2) is 23.2 Å². The number of nitrogens with one attached hydrogen (secondary N) is 1. The summed E-state index contributed by atoms with van der Waals surface area (Å²) in [4.78, 5) is 13.9. The molecule has 4 nitrogen and oxygen atoms in total. The third-order valence-corrected chi connectivity index (χ3v) is 3.05. The molecular weight excluding hydrogens is 251 g/mol. The van der Waals surface area contributed by atoms with Crippen LogP contribution in [0.3, 0.4) is 0 Å². The Morgan fingerprint density at radius 1 is 1.56 bits per heavy atom. The molecule has 84 valence electrons. The van der Waals surface area contributed by atoms with Gasteiger partial charge >= 0.3 is 5.97 Å². The van der Waals surface area contributed by atoms with Crippen molar-refractivity contribution >= 4 is 45.7 Å². The summed E-state index contributed by atoms with van der Waals surface area (Å²) in [5, 5.41) is 12.0. The van der Waals surface area contributed by atoms with Crippen LogP contribution in [0.4, 0.5) is 11.4 Å². The van der Waals surface area contributed by atoms with Gasteiger partial charge in [-0.05, 0) is 25.1 Å². The molecular formula is C10H8Cl2N2O2. The van der Waals surface area contributed by atoms with Gasteiger partial charge in [-0.15, -0.1) is 0 Å². The highest BCUT2D eigenvalue weighted by atomic mass is 35.5. The Kier molecular flexibility index (Phi) is 2.56. The van der Waals surface area contributed by atoms with Gasteiger partial charge in [0.2, 0.25) is 0 Å². The van der Waals surface area contributed by atoms with Gasteiger partial charge < -0.3 is 10.4 Å². The van der Waals surface area contributed by atoms with Gasteiger partial charge in [-0.2, -0.15) is 0 Å². The lowest BCUT2D eigenvalue weighted by Crippen LogP contribution is -2.36. The topological polar surface area (TPSA) is 61.7 Å². The van der Waals surface area contributed by atoms with Gasteiger partial charge in [0.15, 0.2) is 5.00 Å². The molecule has 0 amide bonds. The molecule has 0 saturated heterocycles. The monoisotopic (exact) mass is 258 g/mol. The number of carboxylic acids is 1. The molecule has 0 spiro atoms. The summed E-state index contributed by atoms with van der Waals surface area (Å²) in [6.07, 6.45) is 0. The molecule has 1 atom stereocenters. The fraction of sp³-hybridized carbons (Fsp3) is 0.200. The minimum absolute atomic E-state index is 0.159. The highest BCUT2D eigenvalue weighted by molar-refractivity contribution is 6.73. The van der Waals surface area contributed by atoms with E-state index in [1.54, 1.807) is 13.0 Å². The second-order valence-electron chi connectivity index (χ2n) is 3.57. The van der Waals surface area contributed by atoms with E-state index >= 15 is 0 Å². The van der Waals surface area contributed by atoms with E-state index in [9.17, 15) is 4.79 Å². The van der Waals surface area contributed by atoms with Crippen LogP contribution in [-0.4, -0.2) is 21.2 Å². The summed E-state index contributed by atoms with van der Waals surface area (Å²) in [6, 6.07) is 4.54. The fourth-order valence-electron chi connectivity index (χ4n) is 1.38. The molecule has 1 heterocycles. The van der Waals surface area contributed by atoms with E-state index in [0.29, 0.717) is 11.4 Å². The molecule has 0 bridgehead atoms. The second kappa shape index (κ2) is 3.64.